The van der Waals surface area contributed by atoms with E-state index in [1.807, 2.05) is 25.1 Å². The summed E-state index contributed by atoms with van der Waals surface area (Å²) in [5.74, 6) is -0.0261. The van der Waals surface area contributed by atoms with Crippen LogP contribution in [0.15, 0.2) is 24.3 Å². The van der Waals surface area contributed by atoms with E-state index in [0.29, 0.717) is 5.69 Å². The molecule has 1 aromatic carbocycles. The van der Waals surface area contributed by atoms with E-state index in [2.05, 4.69) is 11.4 Å². The molecule has 1 aliphatic rings. The summed E-state index contributed by atoms with van der Waals surface area (Å²) in [6.07, 6.45) is 5.99. The van der Waals surface area contributed by atoms with E-state index in [-0.39, 0.29) is 18.3 Å². The molecule has 22 heavy (non-hydrogen) atoms. The predicted molar refractivity (Wildman–Crippen MR) is 96.4 cm³/mol. The first-order valence-electron chi connectivity index (χ1n) is 7.42. The summed E-state index contributed by atoms with van der Waals surface area (Å²) in [5.41, 5.74) is 9.64. The number of anilines is 2. The Balaban J connectivity index is 0.00000176. The van der Waals surface area contributed by atoms with Crippen LogP contribution in [0.25, 0.3) is 0 Å². The average Bonchev–Trinajstić information content (AvgIpc) is 2.74. The molecular formula is C17H21ClN2OS. The average molecular weight is 337 g/mol. The van der Waals surface area contributed by atoms with E-state index in [9.17, 15) is 4.79 Å². The third kappa shape index (κ3) is 3.62. The van der Waals surface area contributed by atoms with E-state index in [4.69, 9.17) is 5.73 Å². The summed E-state index contributed by atoms with van der Waals surface area (Å²) < 4.78 is 0. The number of nitrogens with one attached hydrogen (secondary N) is 1. The highest BCUT2D eigenvalue weighted by molar-refractivity contribution is 7.14. The van der Waals surface area contributed by atoms with Gasteiger partial charge in [0.25, 0.3) is 5.91 Å². The smallest absolute Gasteiger partial charge is 0.265 e. The molecule has 0 saturated heterocycles. The molecule has 0 fully saturated rings. The Morgan fingerprint density at radius 1 is 1.18 bits per heavy atom. The standard InChI is InChI=1S/C17H20N2OS.ClH/c1-11-7-8-13(18)10-14(11)19-17(20)16-9-12-5-3-2-4-6-15(12)21-16;/h7-10H,2-6,18H2,1H3,(H,19,20);1H. The minimum atomic E-state index is -0.0261. The Bertz CT molecular complexity index is 658. The molecule has 1 aromatic heterocycles. The highest BCUT2D eigenvalue weighted by atomic mass is 35.5. The molecule has 0 unspecified atom stereocenters. The minimum absolute atomic E-state index is 0. The summed E-state index contributed by atoms with van der Waals surface area (Å²) in [5, 5.41) is 2.98. The molecule has 3 N–H and O–H groups in total. The van der Waals surface area contributed by atoms with Crippen molar-refractivity contribution in [2.75, 3.05) is 11.1 Å². The number of carbonyl (C=O) groups is 1. The van der Waals surface area contributed by atoms with Crippen LogP contribution in [-0.4, -0.2) is 5.91 Å². The molecule has 5 heteroatoms. The van der Waals surface area contributed by atoms with Crippen LogP contribution in [-0.2, 0) is 12.8 Å². The molecule has 118 valence electrons. The zero-order valence-corrected chi connectivity index (χ0v) is 14.3. The van der Waals surface area contributed by atoms with Crippen molar-refractivity contribution in [2.24, 2.45) is 0 Å². The number of thiophene rings is 1. The topological polar surface area (TPSA) is 55.1 Å². The lowest BCUT2D eigenvalue weighted by Crippen LogP contribution is -2.11. The number of hydrogen-bond acceptors (Lipinski definition) is 3. The van der Waals surface area contributed by atoms with Gasteiger partial charge in [-0.3, -0.25) is 4.79 Å². The van der Waals surface area contributed by atoms with Crippen molar-refractivity contribution in [1.29, 1.82) is 0 Å². The molecule has 3 nitrogen and oxygen atoms in total. The van der Waals surface area contributed by atoms with Gasteiger partial charge in [-0.1, -0.05) is 12.5 Å². The number of nitrogens with two attached hydrogens (primary N) is 1. The summed E-state index contributed by atoms with van der Waals surface area (Å²) in [6.45, 7) is 1.97. The maximum atomic E-state index is 12.4. The molecule has 0 saturated carbocycles. The molecule has 0 bridgehead atoms. The fourth-order valence-corrected chi connectivity index (χ4v) is 3.89. The molecule has 3 rings (SSSR count). The van der Waals surface area contributed by atoms with Gasteiger partial charge in [0, 0.05) is 16.3 Å². The van der Waals surface area contributed by atoms with Gasteiger partial charge in [0.1, 0.15) is 0 Å². The number of carbonyl (C=O) groups excluding carboxylic acids is 1. The van der Waals surface area contributed by atoms with Gasteiger partial charge in [0.05, 0.1) is 4.88 Å². The summed E-state index contributed by atoms with van der Waals surface area (Å²) >= 11 is 1.64. The molecule has 1 aliphatic carbocycles. The van der Waals surface area contributed by atoms with Gasteiger partial charge in [-0.15, -0.1) is 23.7 Å². The SMILES string of the molecule is Cc1ccc(N)cc1NC(=O)c1cc2c(s1)CCCCC2.Cl. The number of rotatable bonds is 2. The highest BCUT2D eigenvalue weighted by Gasteiger charge is 2.17. The number of halogens is 1. The zero-order valence-electron chi connectivity index (χ0n) is 12.6. The molecule has 2 aromatic rings. The van der Waals surface area contributed by atoms with Crippen LogP contribution in [0.5, 0.6) is 0 Å². The van der Waals surface area contributed by atoms with Crippen molar-refractivity contribution in [3.8, 4) is 0 Å². The number of fused-ring (bicyclic) bond motifs is 1. The molecule has 1 amide bonds. The van der Waals surface area contributed by atoms with E-state index >= 15 is 0 Å². The second kappa shape index (κ2) is 7.16. The van der Waals surface area contributed by atoms with Gasteiger partial charge in [-0.2, -0.15) is 0 Å². The molecular weight excluding hydrogens is 316 g/mol. The summed E-state index contributed by atoms with van der Waals surface area (Å²) in [6, 6.07) is 7.65. The third-order valence-corrected chi connectivity index (χ3v) is 5.22. The van der Waals surface area contributed by atoms with Gasteiger partial charge in [0.15, 0.2) is 0 Å². The van der Waals surface area contributed by atoms with Crippen molar-refractivity contribution in [3.63, 3.8) is 0 Å². The Hall–Kier alpha value is -1.52. The van der Waals surface area contributed by atoms with Gasteiger partial charge in [0.2, 0.25) is 0 Å². The van der Waals surface area contributed by atoms with E-state index in [1.54, 1.807) is 11.3 Å². The van der Waals surface area contributed by atoms with Crippen molar-refractivity contribution >= 4 is 41.0 Å². The lowest BCUT2D eigenvalue weighted by atomic mass is 10.1. The Morgan fingerprint density at radius 3 is 2.77 bits per heavy atom. The van der Waals surface area contributed by atoms with E-state index in [0.717, 1.165) is 29.0 Å². The van der Waals surface area contributed by atoms with Crippen LogP contribution in [0.2, 0.25) is 0 Å². The third-order valence-electron chi connectivity index (χ3n) is 3.98. The second-order valence-corrected chi connectivity index (χ2v) is 6.78. The van der Waals surface area contributed by atoms with Crippen LogP contribution >= 0.6 is 23.7 Å². The van der Waals surface area contributed by atoms with Gasteiger partial charge in [-0.25, -0.2) is 0 Å². The number of aryl methyl sites for hydroxylation is 3. The lowest BCUT2D eigenvalue weighted by molar-refractivity contribution is 0.103. The van der Waals surface area contributed by atoms with Crippen LogP contribution in [0.3, 0.4) is 0 Å². The maximum absolute atomic E-state index is 12.4. The number of hydrogen-bond donors (Lipinski definition) is 2. The number of nitrogen functional groups attached to an aromatic ring is 1. The van der Waals surface area contributed by atoms with Crippen LogP contribution < -0.4 is 11.1 Å². The zero-order chi connectivity index (χ0) is 14.8. The second-order valence-electron chi connectivity index (χ2n) is 5.65. The van der Waals surface area contributed by atoms with E-state index in [1.165, 1.54) is 29.7 Å². The largest absolute Gasteiger partial charge is 0.399 e. The quantitative estimate of drug-likeness (QED) is 0.623. The van der Waals surface area contributed by atoms with Crippen molar-refractivity contribution in [1.82, 2.24) is 0 Å². The monoisotopic (exact) mass is 336 g/mol. The van der Waals surface area contributed by atoms with Crippen molar-refractivity contribution < 1.29 is 4.79 Å². The molecule has 0 atom stereocenters. The highest BCUT2D eigenvalue weighted by Crippen LogP contribution is 2.30. The molecule has 1 heterocycles. The van der Waals surface area contributed by atoms with Gasteiger partial charge in [-0.05, 0) is 61.9 Å². The van der Waals surface area contributed by atoms with Crippen molar-refractivity contribution in [3.05, 3.63) is 45.1 Å². The lowest BCUT2D eigenvalue weighted by Gasteiger charge is -2.08. The first-order chi connectivity index (χ1) is 10.1. The van der Waals surface area contributed by atoms with Crippen LogP contribution in [0, 0.1) is 6.92 Å². The first-order valence-corrected chi connectivity index (χ1v) is 8.24. The maximum Gasteiger partial charge on any atom is 0.265 e. The molecule has 0 aliphatic heterocycles. The predicted octanol–water partition coefficient (Wildman–Crippen LogP) is 4.58. The first kappa shape index (κ1) is 16.8. The van der Waals surface area contributed by atoms with Crippen LogP contribution in [0.4, 0.5) is 11.4 Å². The van der Waals surface area contributed by atoms with Crippen molar-refractivity contribution in [2.45, 2.75) is 39.0 Å². The Morgan fingerprint density at radius 2 is 1.95 bits per heavy atom. The fourth-order valence-electron chi connectivity index (χ4n) is 2.74. The van der Waals surface area contributed by atoms with Gasteiger partial charge >= 0.3 is 0 Å². The minimum Gasteiger partial charge on any atom is -0.399 e. The summed E-state index contributed by atoms with van der Waals surface area (Å²) in [7, 11) is 0. The summed E-state index contributed by atoms with van der Waals surface area (Å²) in [4.78, 5) is 14.6. The molecule has 0 spiro atoms. The van der Waals surface area contributed by atoms with Gasteiger partial charge < -0.3 is 11.1 Å². The fraction of sp³-hybridized carbons (Fsp3) is 0.353. The number of benzene rings is 1. The number of amides is 1. The Kier molecular flexibility index (Phi) is 5.48. The van der Waals surface area contributed by atoms with Crippen LogP contribution in [0.1, 0.15) is 44.9 Å². The normalized spacial score (nSPS) is 13.7. The Labute approximate surface area is 141 Å². The van der Waals surface area contributed by atoms with E-state index < -0.39 is 0 Å². The molecule has 0 radical (unpaired) electrons.